The van der Waals surface area contributed by atoms with E-state index in [4.69, 9.17) is 4.42 Å². The van der Waals surface area contributed by atoms with Gasteiger partial charge in [0.1, 0.15) is 0 Å². The fourth-order valence-corrected chi connectivity index (χ4v) is 2.86. The molecule has 0 aliphatic rings. The van der Waals surface area contributed by atoms with E-state index in [9.17, 15) is 4.79 Å². The van der Waals surface area contributed by atoms with Crippen LogP contribution in [0, 0.1) is 0 Å². The van der Waals surface area contributed by atoms with Gasteiger partial charge in [-0.3, -0.25) is 10.1 Å². The van der Waals surface area contributed by atoms with Gasteiger partial charge in [0, 0.05) is 10.9 Å². The Bertz CT molecular complexity index is 738. The van der Waals surface area contributed by atoms with Crippen molar-refractivity contribution in [3.05, 3.63) is 52.7 Å². The van der Waals surface area contributed by atoms with Crippen molar-refractivity contribution in [1.82, 2.24) is 10.2 Å². The molecule has 112 valence electrons. The smallest absolute Gasteiger partial charge is 0.322 e. The van der Waals surface area contributed by atoms with Crippen LogP contribution < -0.4 is 5.32 Å². The van der Waals surface area contributed by atoms with Gasteiger partial charge in [0.15, 0.2) is 0 Å². The Balaban J connectivity index is 1.73. The van der Waals surface area contributed by atoms with Crippen LogP contribution in [0.25, 0.3) is 11.5 Å². The molecule has 2 heterocycles. The Kier molecular flexibility index (Phi) is 4.29. The summed E-state index contributed by atoms with van der Waals surface area (Å²) >= 11 is 1.55. The zero-order valence-corrected chi connectivity index (χ0v) is 12.8. The van der Waals surface area contributed by atoms with Gasteiger partial charge in [-0.2, -0.15) is 11.3 Å². The highest BCUT2D eigenvalue weighted by Crippen LogP contribution is 2.24. The van der Waals surface area contributed by atoms with Crippen molar-refractivity contribution >= 4 is 23.3 Å². The molecule has 22 heavy (non-hydrogen) atoms. The van der Waals surface area contributed by atoms with E-state index in [-0.39, 0.29) is 17.8 Å². The zero-order valence-electron chi connectivity index (χ0n) is 12.0. The Morgan fingerprint density at radius 2 is 2.09 bits per heavy atom. The topological polar surface area (TPSA) is 68.0 Å². The van der Waals surface area contributed by atoms with E-state index in [1.807, 2.05) is 54.1 Å². The number of aromatic nitrogens is 2. The van der Waals surface area contributed by atoms with Crippen molar-refractivity contribution in [3.63, 3.8) is 0 Å². The molecule has 0 fully saturated rings. The fraction of sp³-hybridized carbons (Fsp3) is 0.188. The molecule has 0 saturated carbocycles. The maximum absolute atomic E-state index is 12.4. The van der Waals surface area contributed by atoms with E-state index in [0.717, 1.165) is 11.1 Å². The summed E-state index contributed by atoms with van der Waals surface area (Å²) in [6, 6.07) is 11.7. The number of nitrogens with zero attached hydrogens (tertiary/aromatic N) is 2. The van der Waals surface area contributed by atoms with E-state index in [0.29, 0.717) is 12.3 Å². The van der Waals surface area contributed by atoms with Crippen LogP contribution in [0.3, 0.4) is 0 Å². The molecular formula is C16H15N3O2S. The van der Waals surface area contributed by atoms with Gasteiger partial charge in [0.05, 0.1) is 5.92 Å². The van der Waals surface area contributed by atoms with E-state index in [2.05, 4.69) is 15.5 Å². The summed E-state index contributed by atoms with van der Waals surface area (Å²) in [6.45, 7) is 1.97. The van der Waals surface area contributed by atoms with Crippen molar-refractivity contribution in [2.24, 2.45) is 0 Å². The fourth-order valence-electron chi connectivity index (χ4n) is 2.23. The van der Waals surface area contributed by atoms with Gasteiger partial charge >= 0.3 is 6.01 Å². The average molecular weight is 313 g/mol. The molecule has 5 nitrogen and oxygen atoms in total. The molecule has 0 bridgehead atoms. The van der Waals surface area contributed by atoms with Gasteiger partial charge < -0.3 is 4.42 Å². The number of carbonyl (C=O) groups is 1. The van der Waals surface area contributed by atoms with E-state index in [1.54, 1.807) is 11.3 Å². The molecule has 1 aromatic carbocycles. The number of amides is 1. The number of hydrogen-bond donors (Lipinski definition) is 1. The van der Waals surface area contributed by atoms with Gasteiger partial charge in [-0.1, -0.05) is 42.4 Å². The molecule has 0 radical (unpaired) electrons. The Morgan fingerprint density at radius 3 is 2.77 bits per heavy atom. The van der Waals surface area contributed by atoms with Crippen LogP contribution in [-0.4, -0.2) is 16.1 Å². The molecule has 1 N–H and O–H groups in total. The second-order valence-electron chi connectivity index (χ2n) is 4.79. The summed E-state index contributed by atoms with van der Waals surface area (Å²) in [7, 11) is 0. The first-order chi connectivity index (χ1) is 10.8. The normalized spacial score (nSPS) is 12.0. The van der Waals surface area contributed by atoms with E-state index >= 15 is 0 Å². The third-order valence-electron chi connectivity index (χ3n) is 3.35. The van der Waals surface area contributed by atoms with E-state index in [1.165, 1.54) is 0 Å². The molecule has 0 aliphatic carbocycles. The minimum absolute atomic E-state index is 0.126. The van der Waals surface area contributed by atoms with Crippen LogP contribution in [0.4, 0.5) is 6.01 Å². The van der Waals surface area contributed by atoms with Crippen LogP contribution in [0.1, 0.15) is 24.8 Å². The molecule has 2 aromatic heterocycles. The minimum Gasteiger partial charge on any atom is -0.403 e. The molecule has 0 spiro atoms. The molecular weight excluding hydrogens is 298 g/mol. The van der Waals surface area contributed by atoms with Crippen molar-refractivity contribution in [2.75, 3.05) is 5.32 Å². The van der Waals surface area contributed by atoms with Gasteiger partial charge in [0.25, 0.3) is 5.89 Å². The largest absolute Gasteiger partial charge is 0.403 e. The summed E-state index contributed by atoms with van der Waals surface area (Å²) in [5.41, 5.74) is 1.83. The van der Waals surface area contributed by atoms with Gasteiger partial charge in [-0.25, -0.2) is 0 Å². The van der Waals surface area contributed by atoms with Crippen LogP contribution in [0.15, 0.2) is 51.6 Å². The third-order valence-corrected chi connectivity index (χ3v) is 4.03. The number of hydrogen-bond acceptors (Lipinski definition) is 5. The maximum atomic E-state index is 12.4. The monoisotopic (exact) mass is 313 g/mol. The first-order valence-electron chi connectivity index (χ1n) is 7.00. The van der Waals surface area contributed by atoms with Crippen molar-refractivity contribution in [1.29, 1.82) is 0 Å². The molecule has 0 saturated heterocycles. The molecule has 6 heteroatoms. The lowest BCUT2D eigenvalue weighted by molar-refractivity contribution is -0.117. The molecule has 3 rings (SSSR count). The Morgan fingerprint density at radius 1 is 1.27 bits per heavy atom. The van der Waals surface area contributed by atoms with Crippen LogP contribution >= 0.6 is 11.3 Å². The van der Waals surface area contributed by atoms with Crippen molar-refractivity contribution < 1.29 is 9.21 Å². The van der Waals surface area contributed by atoms with Crippen LogP contribution in [-0.2, 0) is 4.79 Å². The number of benzene rings is 1. The average Bonchev–Trinajstić information content (AvgIpc) is 3.20. The Hall–Kier alpha value is -2.47. The maximum Gasteiger partial charge on any atom is 0.322 e. The number of carbonyl (C=O) groups excluding carboxylic acids is 1. The third kappa shape index (κ3) is 3.07. The van der Waals surface area contributed by atoms with Gasteiger partial charge in [-0.05, 0) is 23.4 Å². The molecule has 1 amide bonds. The summed E-state index contributed by atoms with van der Waals surface area (Å²) in [6.07, 6.45) is 0.696. The first-order valence-corrected chi connectivity index (χ1v) is 7.94. The van der Waals surface area contributed by atoms with E-state index < -0.39 is 0 Å². The number of rotatable bonds is 5. The molecule has 1 unspecified atom stereocenters. The molecule has 1 atom stereocenters. The first kappa shape index (κ1) is 14.5. The molecule has 3 aromatic rings. The summed E-state index contributed by atoms with van der Waals surface area (Å²) in [5.74, 6) is 0.0243. The lowest BCUT2D eigenvalue weighted by Crippen LogP contribution is -2.20. The van der Waals surface area contributed by atoms with Gasteiger partial charge in [0.2, 0.25) is 5.91 Å². The Labute approximate surface area is 132 Å². The second kappa shape index (κ2) is 6.53. The highest BCUT2D eigenvalue weighted by atomic mass is 32.1. The van der Waals surface area contributed by atoms with Crippen molar-refractivity contribution in [3.8, 4) is 11.5 Å². The predicted octanol–water partition coefficient (Wildman–Crippen LogP) is 3.93. The number of thiophene rings is 1. The predicted molar refractivity (Wildman–Crippen MR) is 85.7 cm³/mol. The van der Waals surface area contributed by atoms with Gasteiger partial charge in [-0.15, -0.1) is 5.10 Å². The SMILES string of the molecule is CCC(C(=O)Nc1nnc(-c2ccsc2)o1)c1ccccc1. The number of anilines is 1. The van der Waals surface area contributed by atoms with Crippen LogP contribution in [0.2, 0.25) is 0 Å². The summed E-state index contributed by atoms with van der Waals surface area (Å²) in [5, 5.41) is 14.4. The zero-order chi connectivity index (χ0) is 15.4. The van der Waals surface area contributed by atoms with Crippen molar-refractivity contribution in [2.45, 2.75) is 19.3 Å². The minimum atomic E-state index is -0.238. The summed E-state index contributed by atoms with van der Waals surface area (Å²) < 4.78 is 5.48. The second-order valence-corrected chi connectivity index (χ2v) is 5.57. The highest BCUT2D eigenvalue weighted by Gasteiger charge is 2.20. The standard InChI is InChI=1S/C16H15N3O2S/c1-2-13(11-6-4-3-5-7-11)14(20)17-16-19-18-15(21-16)12-8-9-22-10-12/h3-10,13H,2H2,1H3,(H,17,19,20). The quantitative estimate of drug-likeness (QED) is 0.775. The van der Waals surface area contributed by atoms with Crippen LogP contribution in [0.5, 0.6) is 0 Å². The lowest BCUT2D eigenvalue weighted by atomic mass is 9.96. The highest BCUT2D eigenvalue weighted by molar-refractivity contribution is 7.08. The summed E-state index contributed by atoms with van der Waals surface area (Å²) in [4.78, 5) is 12.4. The lowest BCUT2D eigenvalue weighted by Gasteiger charge is -2.13. The molecule has 0 aliphatic heterocycles. The number of nitrogens with one attached hydrogen (secondary N) is 1.